The molecule has 3 aliphatic rings. The lowest BCUT2D eigenvalue weighted by Crippen LogP contribution is -2.39. The van der Waals surface area contributed by atoms with Gasteiger partial charge in [-0.1, -0.05) is 0 Å². The van der Waals surface area contributed by atoms with Crippen molar-refractivity contribution in [3.8, 4) is 0 Å². The van der Waals surface area contributed by atoms with E-state index in [-0.39, 0.29) is 0 Å². The van der Waals surface area contributed by atoms with E-state index >= 15 is 0 Å². The van der Waals surface area contributed by atoms with Crippen molar-refractivity contribution < 1.29 is 4.74 Å². The van der Waals surface area contributed by atoms with Crippen LogP contribution in [0.4, 0.5) is 0 Å². The van der Waals surface area contributed by atoms with Crippen LogP contribution >= 0.6 is 0 Å². The maximum atomic E-state index is 5.60. The Morgan fingerprint density at radius 1 is 1.17 bits per heavy atom. The molecule has 3 heteroatoms. The van der Waals surface area contributed by atoms with Gasteiger partial charge < -0.3 is 15.4 Å². The summed E-state index contributed by atoms with van der Waals surface area (Å²) in [6.45, 7) is 5.53. The molecule has 3 rings (SSSR count). The van der Waals surface area contributed by atoms with Crippen LogP contribution in [0.1, 0.15) is 45.4 Å². The highest BCUT2D eigenvalue weighted by atomic mass is 16.5. The van der Waals surface area contributed by atoms with Crippen LogP contribution in [0.3, 0.4) is 0 Å². The Morgan fingerprint density at radius 2 is 1.94 bits per heavy atom. The molecule has 0 aromatic carbocycles. The first-order valence-corrected chi connectivity index (χ1v) is 7.89. The van der Waals surface area contributed by atoms with Crippen molar-refractivity contribution in [1.82, 2.24) is 10.6 Å². The van der Waals surface area contributed by atoms with Gasteiger partial charge in [-0.25, -0.2) is 0 Å². The molecule has 4 atom stereocenters. The van der Waals surface area contributed by atoms with E-state index in [1.54, 1.807) is 0 Å². The minimum absolute atomic E-state index is 0.465. The van der Waals surface area contributed by atoms with Crippen molar-refractivity contribution in [3.05, 3.63) is 0 Å². The molecule has 3 fully saturated rings. The van der Waals surface area contributed by atoms with Gasteiger partial charge in [0.1, 0.15) is 0 Å². The first-order valence-electron chi connectivity index (χ1n) is 7.89. The molecule has 0 aromatic rings. The van der Waals surface area contributed by atoms with Crippen molar-refractivity contribution in [1.29, 1.82) is 0 Å². The molecule has 0 radical (unpaired) electrons. The summed E-state index contributed by atoms with van der Waals surface area (Å²) in [6.07, 6.45) is 8.76. The summed E-state index contributed by atoms with van der Waals surface area (Å²) < 4.78 is 5.60. The zero-order valence-corrected chi connectivity index (χ0v) is 11.7. The quantitative estimate of drug-likeness (QED) is 0.734. The molecule has 0 aromatic heterocycles. The third-order valence-electron chi connectivity index (χ3n) is 5.24. The smallest absolute Gasteiger partial charge is 0.0588 e. The Kier molecular flexibility index (Phi) is 4.22. The third kappa shape index (κ3) is 3.06. The maximum Gasteiger partial charge on any atom is 0.0588 e. The van der Waals surface area contributed by atoms with Gasteiger partial charge in [0.2, 0.25) is 0 Å². The van der Waals surface area contributed by atoms with E-state index in [2.05, 4.69) is 17.6 Å². The molecular weight excluding hydrogens is 224 g/mol. The summed E-state index contributed by atoms with van der Waals surface area (Å²) in [7, 11) is 0. The van der Waals surface area contributed by atoms with E-state index in [4.69, 9.17) is 4.74 Å². The van der Waals surface area contributed by atoms with Gasteiger partial charge in [-0.15, -0.1) is 0 Å². The molecule has 0 aliphatic carbocycles. The Hall–Kier alpha value is -0.120. The predicted molar refractivity (Wildman–Crippen MR) is 73.7 cm³/mol. The lowest BCUT2D eigenvalue weighted by atomic mass is 9.89. The van der Waals surface area contributed by atoms with E-state index < -0.39 is 0 Å². The standard InChI is InChI=1S/C15H28N2O/c1-11-13(5-7-18-11)10-16-6-4-12-8-14-2-3-15(9-12)17-14/h11-17H,2-10H2,1H3. The van der Waals surface area contributed by atoms with Crippen molar-refractivity contribution >= 4 is 0 Å². The number of nitrogens with one attached hydrogen (secondary N) is 2. The summed E-state index contributed by atoms with van der Waals surface area (Å²) in [6, 6.07) is 1.69. The molecule has 0 amide bonds. The number of hydrogen-bond acceptors (Lipinski definition) is 3. The predicted octanol–water partition coefficient (Wildman–Crippen LogP) is 1.92. The molecule has 3 aliphatic heterocycles. The fraction of sp³-hybridized carbons (Fsp3) is 1.00. The van der Waals surface area contributed by atoms with E-state index in [0.717, 1.165) is 37.1 Å². The second-order valence-electron chi connectivity index (χ2n) is 6.59. The molecule has 3 nitrogen and oxygen atoms in total. The van der Waals surface area contributed by atoms with Gasteiger partial charge in [0.15, 0.2) is 0 Å². The highest BCUT2D eigenvalue weighted by Crippen LogP contribution is 2.32. The monoisotopic (exact) mass is 252 g/mol. The fourth-order valence-corrected chi connectivity index (χ4v) is 4.05. The molecular formula is C15H28N2O. The van der Waals surface area contributed by atoms with Gasteiger partial charge in [-0.2, -0.15) is 0 Å². The zero-order chi connectivity index (χ0) is 12.4. The molecule has 3 saturated heterocycles. The molecule has 3 heterocycles. The molecule has 2 bridgehead atoms. The minimum atomic E-state index is 0.465. The van der Waals surface area contributed by atoms with Crippen molar-refractivity contribution in [2.75, 3.05) is 19.7 Å². The van der Waals surface area contributed by atoms with Crippen molar-refractivity contribution in [2.24, 2.45) is 11.8 Å². The van der Waals surface area contributed by atoms with Gasteiger partial charge in [-0.05, 0) is 63.8 Å². The first kappa shape index (κ1) is 12.9. The van der Waals surface area contributed by atoms with E-state index in [1.807, 2.05) is 0 Å². The second-order valence-corrected chi connectivity index (χ2v) is 6.59. The van der Waals surface area contributed by atoms with Crippen molar-refractivity contribution in [2.45, 2.75) is 63.6 Å². The Morgan fingerprint density at radius 3 is 2.61 bits per heavy atom. The van der Waals surface area contributed by atoms with Gasteiger partial charge in [0.05, 0.1) is 6.10 Å². The van der Waals surface area contributed by atoms with Gasteiger partial charge in [-0.3, -0.25) is 0 Å². The largest absolute Gasteiger partial charge is 0.378 e. The van der Waals surface area contributed by atoms with Gasteiger partial charge >= 0.3 is 0 Å². The van der Waals surface area contributed by atoms with Crippen LogP contribution in [-0.2, 0) is 4.74 Å². The molecule has 2 N–H and O–H groups in total. The Balaban J connectivity index is 1.30. The second kappa shape index (κ2) is 5.89. The highest BCUT2D eigenvalue weighted by Gasteiger charge is 2.33. The summed E-state index contributed by atoms with van der Waals surface area (Å²) in [5, 5.41) is 7.38. The summed E-state index contributed by atoms with van der Waals surface area (Å²) >= 11 is 0. The summed E-state index contributed by atoms with van der Waals surface area (Å²) in [5.41, 5.74) is 0. The third-order valence-corrected chi connectivity index (χ3v) is 5.24. The average Bonchev–Trinajstić information content (AvgIpc) is 2.92. The SMILES string of the molecule is CC1OCCC1CNCCC1CC2CCC(C1)N2. The van der Waals surface area contributed by atoms with Crippen LogP contribution < -0.4 is 10.6 Å². The normalized spacial score (nSPS) is 43.5. The molecule has 0 saturated carbocycles. The van der Waals surface area contributed by atoms with Gasteiger partial charge in [0.25, 0.3) is 0 Å². The zero-order valence-electron chi connectivity index (χ0n) is 11.7. The van der Waals surface area contributed by atoms with E-state index in [0.29, 0.717) is 6.10 Å². The summed E-state index contributed by atoms with van der Waals surface area (Å²) in [4.78, 5) is 0. The average molecular weight is 252 g/mol. The van der Waals surface area contributed by atoms with Crippen LogP contribution in [0.5, 0.6) is 0 Å². The fourth-order valence-electron chi connectivity index (χ4n) is 4.05. The lowest BCUT2D eigenvalue weighted by molar-refractivity contribution is 0.105. The van der Waals surface area contributed by atoms with Crippen LogP contribution in [0.15, 0.2) is 0 Å². The molecule has 4 unspecified atom stereocenters. The number of ether oxygens (including phenoxy) is 1. The first-order chi connectivity index (χ1) is 8.81. The number of rotatable bonds is 5. The molecule has 18 heavy (non-hydrogen) atoms. The van der Waals surface area contributed by atoms with E-state index in [9.17, 15) is 0 Å². The summed E-state index contributed by atoms with van der Waals surface area (Å²) in [5.74, 6) is 1.71. The molecule has 104 valence electrons. The number of hydrogen-bond donors (Lipinski definition) is 2. The van der Waals surface area contributed by atoms with Crippen LogP contribution in [0, 0.1) is 11.8 Å². The number of piperidine rings is 1. The Labute approximate surface area is 111 Å². The lowest BCUT2D eigenvalue weighted by Gasteiger charge is -2.29. The Bertz CT molecular complexity index is 259. The minimum Gasteiger partial charge on any atom is -0.378 e. The number of fused-ring (bicyclic) bond motifs is 2. The maximum absolute atomic E-state index is 5.60. The topological polar surface area (TPSA) is 33.3 Å². The van der Waals surface area contributed by atoms with Crippen LogP contribution in [0.2, 0.25) is 0 Å². The molecule has 0 spiro atoms. The highest BCUT2D eigenvalue weighted by molar-refractivity contribution is 4.92. The van der Waals surface area contributed by atoms with Crippen molar-refractivity contribution in [3.63, 3.8) is 0 Å². The van der Waals surface area contributed by atoms with Gasteiger partial charge in [0, 0.05) is 25.2 Å². The van der Waals surface area contributed by atoms with Crippen LogP contribution in [-0.4, -0.2) is 37.9 Å². The van der Waals surface area contributed by atoms with E-state index in [1.165, 1.54) is 45.1 Å². The van der Waals surface area contributed by atoms with Crippen LogP contribution in [0.25, 0.3) is 0 Å².